The Morgan fingerprint density at radius 3 is 2.60 bits per heavy atom. The van der Waals surface area contributed by atoms with Gasteiger partial charge in [-0.2, -0.15) is 8.42 Å². The molecule has 0 unspecified atom stereocenters. The molecule has 0 N–H and O–H groups in total. The molecule has 2 aromatic rings. The molecule has 0 spiro atoms. The monoisotopic (exact) mass is 291 g/mol. The number of pyridine rings is 1. The van der Waals surface area contributed by atoms with Crippen molar-refractivity contribution < 1.29 is 17.4 Å². The molecular formula is C14H13NO4S. The lowest BCUT2D eigenvalue weighted by Crippen LogP contribution is -2.05. The van der Waals surface area contributed by atoms with Gasteiger partial charge < -0.3 is 0 Å². The van der Waals surface area contributed by atoms with Crippen molar-refractivity contribution in [2.75, 3.05) is 6.26 Å². The molecule has 20 heavy (non-hydrogen) atoms. The second-order valence-corrected chi connectivity index (χ2v) is 5.88. The van der Waals surface area contributed by atoms with Gasteiger partial charge in [0.05, 0.1) is 12.9 Å². The first kappa shape index (κ1) is 14.4. The summed E-state index contributed by atoms with van der Waals surface area (Å²) < 4.78 is 26.6. The van der Waals surface area contributed by atoms with Crippen molar-refractivity contribution in [2.24, 2.45) is 0 Å². The number of aromatic nitrogens is 1. The van der Waals surface area contributed by atoms with Crippen LogP contribution in [0.3, 0.4) is 0 Å². The van der Waals surface area contributed by atoms with E-state index in [2.05, 4.69) is 4.98 Å². The number of carbonyl (C=O) groups excluding carboxylic acids is 1. The maximum Gasteiger partial charge on any atom is 0.264 e. The third-order valence-corrected chi connectivity index (χ3v) is 3.10. The maximum absolute atomic E-state index is 12.2. The minimum Gasteiger partial charge on any atom is -0.289 e. The molecule has 2 rings (SSSR count). The molecule has 0 aliphatic heterocycles. The molecule has 0 atom stereocenters. The van der Waals surface area contributed by atoms with Gasteiger partial charge >= 0.3 is 0 Å². The van der Waals surface area contributed by atoms with Crippen molar-refractivity contribution in [3.63, 3.8) is 0 Å². The Balaban J connectivity index is 2.20. The molecule has 6 heteroatoms. The number of ketones is 1. The highest BCUT2D eigenvalue weighted by molar-refractivity contribution is 7.85. The van der Waals surface area contributed by atoms with E-state index in [1.54, 1.807) is 42.6 Å². The van der Waals surface area contributed by atoms with Crippen LogP contribution in [-0.4, -0.2) is 25.4 Å². The minimum absolute atomic E-state index is 0.0903. The predicted molar refractivity (Wildman–Crippen MR) is 73.7 cm³/mol. The van der Waals surface area contributed by atoms with Crippen molar-refractivity contribution in [3.05, 3.63) is 65.5 Å². The Morgan fingerprint density at radius 2 is 1.95 bits per heavy atom. The summed E-state index contributed by atoms with van der Waals surface area (Å²) in [4.78, 5) is 16.1. The summed E-state index contributed by atoms with van der Waals surface area (Å²) in [5, 5.41) is 0. The molecule has 1 heterocycles. The topological polar surface area (TPSA) is 73.3 Å². The Kier molecular flexibility index (Phi) is 4.26. The fourth-order valence-corrected chi connectivity index (χ4v) is 1.99. The molecule has 0 bridgehead atoms. The highest BCUT2D eigenvalue weighted by Crippen LogP contribution is 2.12. The third kappa shape index (κ3) is 3.97. The maximum atomic E-state index is 12.2. The van der Waals surface area contributed by atoms with Crippen LogP contribution >= 0.6 is 0 Å². The fraction of sp³-hybridized carbons (Fsp3) is 0.143. The molecule has 0 fully saturated rings. The van der Waals surface area contributed by atoms with Gasteiger partial charge in [-0.25, -0.2) is 0 Å². The second-order valence-electron chi connectivity index (χ2n) is 4.24. The molecular weight excluding hydrogens is 278 g/mol. The second kappa shape index (κ2) is 5.94. The number of benzene rings is 1. The van der Waals surface area contributed by atoms with Gasteiger partial charge in [0.1, 0.15) is 0 Å². The highest BCUT2D eigenvalue weighted by Gasteiger charge is 2.10. The van der Waals surface area contributed by atoms with Gasteiger partial charge in [0.2, 0.25) is 0 Å². The van der Waals surface area contributed by atoms with Crippen LogP contribution in [-0.2, 0) is 20.9 Å². The molecule has 0 saturated carbocycles. The van der Waals surface area contributed by atoms with E-state index in [9.17, 15) is 13.2 Å². The average Bonchev–Trinajstić information content (AvgIpc) is 2.45. The Bertz CT molecular complexity index is 711. The molecule has 0 amide bonds. The Hall–Kier alpha value is -2.05. The SMILES string of the molecule is CS(=O)(=O)OCc1cccc(C(=O)c2cccnc2)c1. The summed E-state index contributed by atoms with van der Waals surface area (Å²) in [6, 6.07) is 10.0. The van der Waals surface area contributed by atoms with Crippen LogP contribution in [0.15, 0.2) is 48.8 Å². The summed E-state index contributed by atoms with van der Waals surface area (Å²) in [6.45, 7) is -0.0903. The number of carbonyl (C=O) groups is 1. The molecule has 0 radical (unpaired) electrons. The zero-order valence-corrected chi connectivity index (χ0v) is 11.6. The van der Waals surface area contributed by atoms with Gasteiger partial charge in [-0.15, -0.1) is 0 Å². The van der Waals surface area contributed by atoms with E-state index in [1.165, 1.54) is 6.20 Å². The zero-order chi connectivity index (χ0) is 14.6. The normalized spacial score (nSPS) is 11.2. The number of hydrogen-bond acceptors (Lipinski definition) is 5. The first-order chi connectivity index (χ1) is 9.46. The van der Waals surface area contributed by atoms with Crippen LogP contribution < -0.4 is 0 Å². The highest BCUT2D eigenvalue weighted by atomic mass is 32.2. The van der Waals surface area contributed by atoms with Gasteiger partial charge in [-0.3, -0.25) is 14.0 Å². The van der Waals surface area contributed by atoms with E-state index in [-0.39, 0.29) is 12.4 Å². The summed E-state index contributed by atoms with van der Waals surface area (Å²) in [7, 11) is -3.50. The molecule has 5 nitrogen and oxygen atoms in total. The van der Waals surface area contributed by atoms with Crippen molar-refractivity contribution in [1.29, 1.82) is 0 Å². The number of nitrogens with zero attached hydrogens (tertiary/aromatic N) is 1. The van der Waals surface area contributed by atoms with Crippen LogP contribution in [0.25, 0.3) is 0 Å². The van der Waals surface area contributed by atoms with E-state index in [4.69, 9.17) is 4.18 Å². The van der Waals surface area contributed by atoms with Crippen LogP contribution in [0.5, 0.6) is 0 Å². The van der Waals surface area contributed by atoms with Crippen LogP contribution in [0, 0.1) is 0 Å². The van der Waals surface area contributed by atoms with Gasteiger partial charge in [0.15, 0.2) is 5.78 Å². The number of rotatable bonds is 5. The van der Waals surface area contributed by atoms with Crippen molar-refractivity contribution in [2.45, 2.75) is 6.61 Å². The lowest BCUT2D eigenvalue weighted by atomic mass is 10.0. The van der Waals surface area contributed by atoms with E-state index < -0.39 is 10.1 Å². The Labute approximate surface area is 117 Å². The van der Waals surface area contributed by atoms with Gasteiger partial charge in [-0.05, 0) is 23.8 Å². The molecule has 1 aromatic heterocycles. The minimum atomic E-state index is -3.50. The third-order valence-electron chi connectivity index (χ3n) is 2.55. The summed E-state index contributed by atoms with van der Waals surface area (Å²) in [5.41, 5.74) is 1.56. The first-order valence-electron chi connectivity index (χ1n) is 5.84. The van der Waals surface area contributed by atoms with Gasteiger partial charge in [0.25, 0.3) is 10.1 Å². The van der Waals surface area contributed by atoms with Crippen molar-refractivity contribution in [1.82, 2.24) is 4.98 Å². The van der Waals surface area contributed by atoms with E-state index >= 15 is 0 Å². The summed E-state index contributed by atoms with van der Waals surface area (Å²) in [6.07, 6.45) is 4.06. The fourth-order valence-electron chi connectivity index (χ4n) is 1.64. The van der Waals surface area contributed by atoms with E-state index in [1.807, 2.05) is 0 Å². The van der Waals surface area contributed by atoms with E-state index in [0.717, 1.165) is 6.26 Å². The number of hydrogen-bond donors (Lipinski definition) is 0. The molecule has 104 valence electrons. The van der Waals surface area contributed by atoms with Crippen molar-refractivity contribution >= 4 is 15.9 Å². The van der Waals surface area contributed by atoms with E-state index in [0.29, 0.717) is 16.7 Å². The lowest BCUT2D eigenvalue weighted by molar-refractivity contribution is 0.103. The standard InChI is InChI=1S/C14H13NO4S/c1-20(17,18)19-10-11-4-2-5-12(8-11)14(16)13-6-3-7-15-9-13/h2-9H,10H2,1H3. The predicted octanol–water partition coefficient (Wildman–Crippen LogP) is 1.79. The Morgan fingerprint density at radius 1 is 1.20 bits per heavy atom. The largest absolute Gasteiger partial charge is 0.289 e. The molecule has 0 aliphatic rings. The molecule has 1 aromatic carbocycles. The molecule has 0 aliphatic carbocycles. The van der Waals surface area contributed by atoms with Crippen LogP contribution in [0.4, 0.5) is 0 Å². The molecule has 0 saturated heterocycles. The average molecular weight is 291 g/mol. The van der Waals surface area contributed by atoms with Crippen molar-refractivity contribution in [3.8, 4) is 0 Å². The van der Waals surface area contributed by atoms with Gasteiger partial charge in [0, 0.05) is 23.5 Å². The quantitative estimate of drug-likeness (QED) is 0.620. The summed E-state index contributed by atoms with van der Waals surface area (Å²) >= 11 is 0. The van der Waals surface area contributed by atoms with Crippen LogP contribution in [0.1, 0.15) is 21.5 Å². The first-order valence-corrected chi connectivity index (χ1v) is 7.65. The van der Waals surface area contributed by atoms with Gasteiger partial charge in [-0.1, -0.05) is 18.2 Å². The lowest BCUT2D eigenvalue weighted by Gasteiger charge is -2.05. The smallest absolute Gasteiger partial charge is 0.264 e. The zero-order valence-electron chi connectivity index (χ0n) is 10.8. The summed E-state index contributed by atoms with van der Waals surface area (Å²) in [5.74, 6) is -0.167. The van der Waals surface area contributed by atoms with Crippen LogP contribution in [0.2, 0.25) is 0 Å².